The molecule has 0 bridgehead atoms. The van der Waals surface area contributed by atoms with Crippen LogP contribution < -0.4 is 15.4 Å². The van der Waals surface area contributed by atoms with Crippen LogP contribution in [-0.2, 0) is 4.74 Å². The Balaban J connectivity index is 2.06. The van der Waals surface area contributed by atoms with Crippen LogP contribution in [-0.4, -0.2) is 36.3 Å². The molecule has 2 aromatic carbocycles. The number of anilines is 1. The van der Waals surface area contributed by atoms with E-state index in [-0.39, 0.29) is 22.1 Å². The van der Waals surface area contributed by atoms with Crippen LogP contribution in [0.2, 0.25) is 0 Å². The molecule has 0 saturated heterocycles. The van der Waals surface area contributed by atoms with E-state index in [9.17, 15) is 14.9 Å². The molecule has 0 spiro atoms. The van der Waals surface area contributed by atoms with Crippen LogP contribution in [0.1, 0.15) is 10.4 Å². The van der Waals surface area contributed by atoms with Crippen molar-refractivity contribution in [2.24, 2.45) is 0 Å². The Kier molecular flexibility index (Phi) is 7.01. The minimum Gasteiger partial charge on any atom is -0.490 e. The summed E-state index contributed by atoms with van der Waals surface area (Å²) >= 11 is 5.08. The lowest BCUT2D eigenvalue weighted by Crippen LogP contribution is -2.34. The highest BCUT2D eigenvalue weighted by Gasteiger charge is 2.16. The first kappa shape index (κ1) is 19.3. The number of ether oxygens (including phenoxy) is 2. The Morgan fingerprint density at radius 1 is 1.15 bits per heavy atom. The van der Waals surface area contributed by atoms with Crippen molar-refractivity contribution in [3.8, 4) is 5.75 Å². The van der Waals surface area contributed by atoms with Crippen LogP contribution >= 0.6 is 12.2 Å². The maximum atomic E-state index is 12.4. The lowest BCUT2D eigenvalue weighted by Gasteiger charge is -2.13. The largest absolute Gasteiger partial charge is 0.490 e. The maximum absolute atomic E-state index is 12.4. The van der Waals surface area contributed by atoms with Gasteiger partial charge in [-0.05, 0) is 30.4 Å². The van der Waals surface area contributed by atoms with Crippen molar-refractivity contribution in [2.45, 2.75) is 0 Å². The highest BCUT2D eigenvalue weighted by atomic mass is 32.1. The topological polar surface area (TPSA) is 103 Å². The van der Waals surface area contributed by atoms with Crippen molar-refractivity contribution in [2.75, 3.05) is 25.6 Å². The summed E-state index contributed by atoms with van der Waals surface area (Å²) in [5.74, 6) is -0.107. The van der Waals surface area contributed by atoms with Gasteiger partial charge in [-0.15, -0.1) is 0 Å². The quantitative estimate of drug-likeness (QED) is 0.332. The Hall–Kier alpha value is -3.04. The zero-order chi connectivity index (χ0) is 18.9. The second kappa shape index (κ2) is 9.44. The number of nitro groups is 1. The SMILES string of the molecule is COCCOc1ccccc1C(=O)NC(=S)Nc1ccccc1[N+](=O)[O-]. The molecule has 0 atom stereocenters. The van der Waals surface area contributed by atoms with Crippen LogP contribution in [0.4, 0.5) is 11.4 Å². The first-order valence-electron chi connectivity index (χ1n) is 7.59. The number of hydrogen-bond acceptors (Lipinski definition) is 6. The number of para-hydroxylation sites is 3. The van der Waals surface area contributed by atoms with E-state index in [2.05, 4.69) is 10.6 Å². The fourth-order valence-electron chi connectivity index (χ4n) is 2.08. The highest BCUT2D eigenvalue weighted by Crippen LogP contribution is 2.23. The smallest absolute Gasteiger partial charge is 0.292 e. The highest BCUT2D eigenvalue weighted by molar-refractivity contribution is 7.80. The number of methoxy groups -OCH3 is 1. The van der Waals surface area contributed by atoms with Gasteiger partial charge in [0.15, 0.2) is 5.11 Å². The van der Waals surface area contributed by atoms with Gasteiger partial charge < -0.3 is 14.8 Å². The number of nitro benzene ring substituents is 1. The molecule has 1 amide bonds. The van der Waals surface area contributed by atoms with Crippen LogP contribution in [0.25, 0.3) is 0 Å². The van der Waals surface area contributed by atoms with Crippen molar-refractivity contribution in [3.63, 3.8) is 0 Å². The van der Waals surface area contributed by atoms with E-state index in [4.69, 9.17) is 21.7 Å². The summed E-state index contributed by atoms with van der Waals surface area (Å²) in [5, 5.41) is 16.1. The number of carbonyl (C=O) groups is 1. The number of amides is 1. The number of carbonyl (C=O) groups excluding carboxylic acids is 1. The third-order valence-corrected chi connectivity index (χ3v) is 3.46. The number of benzene rings is 2. The average molecular weight is 375 g/mol. The van der Waals surface area contributed by atoms with Gasteiger partial charge in [-0.1, -0.05) is 24.3 Å². The van der Waals surface area contributed by atoms with Crippen molar-refractivity contribution in [1.29, 1.82) is 0 Å². The van der Waals surface area contributed by atoms with Crippen LogP contribution in [0.3, 0.4) is 0 Å². The number of rotatable bonds is 7. The molecule has 0 radical (unpaired) electrons. The van der Waals surface area contributed by atoms with Crippen LogP contribution in [0.15, 0.2) is 48.5 Å². The minimum atomic E-state index is -0.536. The van der Waals surface area contributed by atoms with E-state index >= 15 is 0 Å². The Bertz CT molecular complexity index is 812. The first-order valence-corrected chi connectivity index (χ1v) is 8.00. The van der Waals surface area contributed by atoms with E-state index in [0.29, 0.717) is 19.0 Å². The minimum absolute atomic E-state index is 0.0593. The molecular formula is C17H17N3O5S. The molecule has 0 heterocycles. The van der Waals surface area contributed by atoms with E-state index in [1.165, 1.54) is 12.1 Å². The van der Waals surface area contributed by atoms with E-state index < -0.39 is 10.8 Å². The van der Waals surface area contributed by atoms with Gasteiger partial charge in [-0.3, -0.25) is 20.2 Å². The molecular weight excluding hydrogens is 358 g/mol. The Morgan fingerprint density at radius 2 is 1.85 bits per heavy atom. The summed E-state index contributed by atoms with van der Waals surface area (Å²) in [6.45, 7) is 0.674. The standard InChI is InChI=1S/C17H17N3O5S/c1-24-10-11-25-15-9-5-2-6-12(15)16(21)19-17(26)18-13-7-3-4-8-14(13)20(22)23/h2-9H,10-11H2,1H3,(H2,18,19,21,26). The predicted octanol–water partition coefficient (Wildman–Crippen LogP) is 2.75. The molecule has 0 aliphatic carbocycles. The summed E-state index contributed by atoms with van der Waals surface area (Å²) in [5.41, 5.74) is 0.329. The molecule has 0 aromatic heterocycles. The number of nitrogens with one attached hydrogen (secondary N) is 2. The zero-order valence-electron chi connectivity index (χ0n) is 13.9. The van der Waals surface area contributed by atoms with Crippen molar-refractivity contribution >= 4 is 34.6 Å². The third-order valence-electron chi connectivity index (χ3n) is 3.25. The summed E-state index contributed by atoms with van der Waals surface area (Å²) < 4.78 is 10.4. The van der Waals surface area contributed by atoms with E-state index in [1.807, 2.05) is 0 Å². The average Bonchev–Trinajstić information content (AvgIpc) is 2.62. The van der Waals surface area contributed by atoms with Crippen LogP contribution in [0, 0.1) is 10.1 Å². The van der Waals surface area contributed by atoms with Crippen LogP contribution in [0.5, 0.6) is 5.75 Å². The van der Waals surface area contributed by atoms with Gasteiger partial charge in [0.05, 0.1) is 17.1 Å². The first-order chi connectivity index (χ1) is 12.5. The zero-order valence-corrected chi connectivity index (χ0v) is 14.7. The van der Waals surface area contributed by atoms with E-state index in [0.717, 1.165) is 0 Å². The third kappa shape index (κ3) is 5.23. The molecule has 8 nitrogen and oxygen atoms in total. The van der Waals surface area contributed by atoms with Crippen molar-refractivity contribution < 1.29 is 19.2 Å². The van der Waals surface area contributed by atoms with Crippen molar-refractivity contribution in [1.82, 2.24) is 5.32 Å². The van der Waals surface area contributed by atoms with Gasteiger partial charge in [0.1, 0.15) is 18.0 Å². The van der Waals surface area contributed by atoms with Gasteiger partial charge >= 0.3 is 0 Å². The van der Waals surface area contributed by atoms with Gasteiger partial charge in [0.2, 0.25) is 0 Å². The summed E-state index contributed by atoms with van der Waals surface area (Å²) in [7, 11) is 1.55. The number of thiocarbonyl (C=S) groups is 1. The molecule has 9 heteroatoms. The molecule has 2 rings (SSSR count). The summed E-state index contributed by atoms with van der Waals surface area (Å²) in [6.07, 6.45) is 0. The molecule has 0 fully saturated rings. The van der Waals surface area contributed by atoms with Crippen molar-refractivity contribution in [3.05, 3.63) is 64.2 Å². The van der Waals surface area contributed by atoms with Gasteiger partial charge in [-0.25, -0.2) is 0 Å². The lowest BCUT2D eigenvalue weighted by atomic mass is 10.2. The van der Waals surface area contributed by atoms with Gasteiger partial charge in [-0.2, -0.15) is 0 Å². The second-order valence-electron chi connectivity index (χ2n) is 5.02. The normalized spacial score (nSPS) is 10.0. The fourth-order valence-corrected chi connectivity index (χ4v) is 2.28. The number of hydrogen-bond donors (Lipinski definition) is 2. The van der Waals surface area contributed by atoms with Gasteiger partial charge in [0.25, 0.3) is 11.6 Å². The Labute approximate surface area is 155 Å². The monoisotopic (exact) mass is 375 g/mol. The maximum Gasteiger partial charge on any atom is 0.292 e. The van der Waals surface area contributed by atoms with E-state index in [1.54, 1.807) is 43.5 Å². The lowest BCUT2D eigenvalue weighted by molar-refractivity contribution is -0.383. The molecule has 26 heavy (non-hydrogen) atoms. The molecule has 2 aromatic rings. The summed E-state index contributed by atoms with van der Waals surface area (Å²) in [4.78, 5) is 22.9. The Morgan fingerprint density at radius 3 is 2.58 bits per heavy atom. The number of nitrogens with zero attached hydrogens (tertiary/aromatic N) is 1. The predicted molar refractivity (Wildman–Crippen MR) is 101 cm³/mol. The molecule has 0 unspecified atom stereocenters. The van der Waals surface area contributed by atoms with Gasteiger partial charge in [0, 0.05) is 13.2 Å². The fraction of sp³-hybridized carbons (Fsp3) is 0.176. The molecule has 136 valence electrons. The molecule has 0 aliphatic heterocycles. The molecule has 0 aliphatic rings. The summed E-state index contributed by atoms with van der Waals surface area (Å²) in [6, 6.07) is 12.7. The molecule has 0 saturated carbocycles. The second-order valence-corrected chi connectivity index (χ2v) is 5.43. The molecule has 2 N–H and O–H groups in total.